The number of amides is 1. The van der Waals surface area contributed by atoms with Gasteiger partial charge in [-0.25, -0.2) is 4.39 Å². The van der Waals surface area contributed by atoms with Gasteiger partial charge in [0.2, 0.25) is 0 Å². The minimum absolute atomic E-state index is 0.133. The van der Waals surface area contributed by atoms with Crippen molar-refractivity contribution >= 4 is 27.5 Å². The van der Waals surface area contributed by atoms with Gasteiger partial charge in [0.1, 0.15) is 11.6 Å². The van der Waals surface area contributed by atoms with Crippen molar-refractivity contribution in [2.75, 3.05) is 11.9 Å². The second kappa shape index (κ2) is 7.22. The number of aryl methyl sites for hydroxylation is 1. The number of carbonyl (C=O) groups excluding carboxylic acids is 1. The molecule has 0 unspecified atom stereocenters. The summed E-state index contributed by atoms with van der Waals surface area (Å²) in [5, 5.41) is 2.48. The quantitative estimate of drug-likeness (QED) is 0.877. The maximum absolute atomic E-state index is 13.6. The molecular weight excluding hydrogens is 337 g/mol. The number of benzene rings is 2. The first kappa shape index (κ1) is 15.5. The zero-order valence-corrected chi connectivity index (χ0v) is 13.1. The van der Waals surface area contributed by atoms with Crippen LogP contribution in [0.1, 0.15) is 12.5 Å². The SMILES string of the molecule is CCc1cccc(OCC(=O)Nc2ccc(Br)cc2F)c1. The average molecular weight is 352 g/mol. The molecule has 1 N–H and O–H groups in total. The largest absolute Gasteiger partial charge is 0.484 e. The van der Waals surface area contributed by atoms with Crippen LogP contribution in [0, 0.1) is 5.82 Å². The summed E-state index contributed by atoms with van der Waals surface area (Å²) in [6.45, 7) is 1.88. The third-order valence-electron chi connectivity index (χ3n) is 2.88. The summed E-state index contributed by atoms with van der Waals surface area (Å²) in [5.41, 5.74) is 1.26. The fourth-order valence-electron chi connectivity index (χ4n) is 1.78. The van der Waals surface area contributed by atoms with Crippen molar-refractivity contribution in [2.24, 2.45) is 0 Å². The molecule has 21 heavy (non-hydrogen) atoms. The Labute approximate surface area is 131 Å². The highest BCUT2D eigenvalue weighted by Crippen LogP contribution is 2.19. The minimum Gasteiger partial charge on any atom is -0.484 e. The molecule has 110 valence electrons. The molecule has 0 fully saturated rings. The summed E-state index contributed by atoms with van der Waals surface area (Å²) < 4.78 is 19.6. The van der Waals surface area contributed by atoms with E-state index < -0.39 is 11.7 Å². The lowest BCUT2D eigenvalue weighted by Gasteiger charge is -2.09. The standard InChI is InChI=1S/C16H15BrFNO2/c1-2-11-4-3-5-13(8-11)21-10-16(20)19-15-7-6-12(17)9-14(15)18/h3-9H,2,10H2,1H3,(H,19,20). The molecule has 0 radical (unpaired) electrons. The van der Waals surface area contributed by atoms with Crippen molar-refractivity contribution in [3.63, 3.8) is 0 Å². The van der Waals surface area contributed by atoms with Crippen LogP contribution in [-0.4, -0.2) is 12.5 Å². The summed E-state index contributed by atoms with van der Waals surface area (Å²) >= 11 is 3.16. The van der Waals surface area contributed by atoms with Crippen molar-refractivity contribution in [1.82, 2.24) is 0 Å². The van der Waals surface area contributed by atoms with Crippen molar-refractivity contribution < 1.29 is 13.9 Å². The molecule has 5 heteroatoms. The second-order valence-corrected chi connectivity index (χ2v) is 5.38. The van der Waals surface area contributed by atoms with E-state index in [9.17, 15) is 9.18 Å². The molecule has 0 aliphatic rings. The molecule has 0 saturated heterocycles. The molecule has 0 aliphatic heterocycles. The van der Waals surface area contributed by atoms with Gasteiger partial charge in [-0.1, -0.05) is 35.0 Å². The van der Waals surface area contributed by atoms with Crippen molar-refractivity contribution in [3.8, 4) is 5.75 Å². The molecule has 0 saturated carbocycles. The van der Waals surface area contributed by atoms with Crippen LogP contribution in [0.15, 0.2) is 46.9 Å². The molecule has 1 amide bonds. The molecule has 0 atom stereocenters. The van der Waals surface area contributed by atoms with Crippen LogP contribution in [-0.2, 0) is 11.2 Å². The highest BCUT2D eigenvalue weighted by molar-refractivity contribution is 9.10. The molecule has 0 aromatic heterocycles. The van der Waals surface area contributed by atoms with Crippen LogP contribution < -0.4 is 10.1 Å². The van der Waals surface area contributed by atoms with Gasteiger partial charge in [0.25, 0.3) is 5.91 Å². The highest BCUT2D eigenvalue weighted by atomic mass is 79.9. The van der Waals surface area contributed by atoms with Crippen LogP contribution in [0.4, 0.5) is 10.1 Å². The first-order chi connectivity index (χ1) is 10.1. The van der Waals surface area contributed by atoms with Crippen LogP contribution in [0.5, 0.6) is 5.75 Å². The normalized spacial score (nSPS) is 10.2. The van der Waals surface area contributed by atoms with E-state index in [-0.39, 0.29) is 12.3 Å². The molecule has 2 aromatic carbocycles. The topological polar surface area (TPSA) is 38.3 Å². The van der Waals surface area contributed by atoms with E-state index in [1.807, 2.05) is 25.1 Å². The Balaban J connectivity index is 1.92. The first-order valence-corrected chi connectivity index (χ1v) is 7.34. The van der Waals surface area contributed by atoms with E-state index in [0.29, 0.717) is 10.2 Å². The van der Waals surface area contributed by atoms with Gasteiger partial charge < -0.3 is 10.1 Å². The van der Waals surface area contributed by atoms with Crippen LogP contribution in [0.2, 0.25) is 0 Å². The maximum atomic E-state index is 13.6. The molecule has 2 aromatic rings. The lowest BCUT2D eigenvalue weighted by Crippen LogP contribution is -2.20. The van der Waals surface area contributed by atoms with Crippen LogP contribution in [0.3, 0.4) is 0 Å². The number of hydrogen-bond acceptors (Lipinski definition) is 2. The third kappa shape index (κ3) is 4.56. The van der Waals surface area contributed by atoms with E-state index in [1.165, 1.54) is 12.1 Å². The number of ether oxygens (including phenoxy) is 1. The molecule has 0 aliphatic carbocycles. The van der Waals surface area contributed by atoms with E-state index in [2.05, 4.69) is 21.2 Å². The summed E-state index contributed by atoms with van der Waals surface area (Å²) in [4.78, 5) is 11.8. The number of carbonyl (C=O) groups is 1. The number of nitrogens with one attached hydrogen (secondary N) is 1. The summed E-state index contributed by atoms with van der Waals surface area (Å²) in [7, 11) is 0. The van der Waals surface area contributed by atoms with Crippen LogP contribution in [0.25, 0.3) is 0 Å². The van der Waals surface area contributed by atoms with Gasteiger partial charge >= 0.3 is 0 Å². The van der Waals surface area contributed by atoms with Crippen molar-refractivity contribution in [2.45, 2.75) is 13.3 Å². The fraction of sp³-hybridized carbons (Fsp3) is 0.188. The Morgan fingerprint density at radius 2 is 2.10 bits per heavy atom. The zero-order chi connectivity index (χ0) is 15.2. The van der Waals surface area contributed by atoms with Gasteiger partial charge in [0.15, 0.2) is 6.61 Å². The number of halogens is 2. The van der Waals surface area contributed by atoms with E-state index >= 15 is 0 Å². The Hall–Kier alpha value is -1.88. The Kier molecular flexibility index (Phi) is 5.33. The Morgan fingerprint density at radius 1 is 1.29 bits per heavy atom. The zero-order valence-electron chi connectivity index (χ0n) is 11.5. The van der Waals surface area contributed by atoms with E-state index in [0.717, 1.165) is 12.0 Å². The molecule has 0 spiro atoms. The van der Waals surface area contributed by atoms with Crippen LogP contribution >= 0.6 is 15.9 Å². The van der Waals surface area contributed by atoms with Gasteiger partial charge in [-0.05, 0) is 42.3 Å². The predicted octanol–water partition coefficient (Wildman–Crippen LogP) is 4.17. The number of hydrogen-bond donors (Lipinski definition) is 1. The maximum Gasteiger partial charge on any atom is 0.262 e. The van der Waals surface area contributed by atoms with Crippen molar-refractivity contribution in [3.05, 3.63) is 58.3 Å². The van der Waals surface area contributed by atoms with Gasteiger partial charge in [-0.15, -0.1) is 0 Å². The average Bonchev–Trinajstić information content (AvgIpc) is 2.48. The highest BCUT2D eigenvalue weighted by Gasteiger charge is 2.08. The van der Waals surface area contributed by atoms with Gasteiger partial charge in [0.05, 0.1) is 5.69 Å². The molecule has 2 rings (SSSR count). The summed E-state index contributed by atoms with van der Waals surface area (Å²) in [6.07, 6.45) is 0.896. The van der Waals surface area contributed by atoms with E-state index in [1.54, 1.807) is 12.1 Å². The second-order valence-electron chi connectivity index (χ2n) is 4.46. The summed E-state index contributed by atoms with van der Waals surface area (Å²) in [6, 6.07) is 12.0. The lowest BCUT2D eigenvalue weighted by atomic mass is 10.2. The van der Waals surface area contributed by atoms with Gasteiger partial charge in [-0.3, -0.25) is 4.79 Å². The lowest BCUT2D eigenvalue weighted by molar-refractivity contribution is -0.118. The summed E-state index contributed by atoms with van der Waals surface area (Å²) in [5.74, 6) is -0.274. The first-order valence-electron chi connectivity index (χ1n) is 6.55. The van der Waals surface area contributed by atoms with Gasteiger partial charge in [-0.2, -0.15) is 0 Å². The predicted molar refractivity (Wildman–Crippen MR) is 84.0 cm³/mol. The smallest absolute Gasteiger partial charge is 0.262 e. The monoisotopic (exact) mass is 351 g/mol. The molecule has 0 heterocycles. The molecular formula is C16H15BrFNO2. The Morgan fingerprint density at radius 3 is 2.81 bits per heavy atom. The Bertz CT molecular complexity index is 646. The van der Waals surface area contributed by atoms with E-state index in [4.69, 9.17) is 4.74 Å². The third-order valence-corrected chi connectivity index (χ3v) is 3.38. The van der Waals surface area contributed by atoms with Crippen molar-refractivity contribution in [1.29, 1.82) is 0 Å². The number of rotatable bonds is 5. The number of anilines is 1. The minimum atomic E-state index is -0.495. The fourth-order valence-corrected chi connectivity index (χ4v) is 2.11. The molecule has 0 bridgehead atoms. The molecule has 3 nitrogen and oxygen atoms in total. The van der Waals surface area contributed by atoms with Gasteiger partial charge in [0, 0.05) is 4.47 Å².